The molecule has 1 aliphatic carbocycles. The van der Waals surface area contributed by atoms with E-state index in [0.717, 1.165) is 70.6 Å². The summed E-state index contributed by atoms with van der Waals surface area (Å²) in [6.07, 6.45) is 13.3. The van der Waals surface area contributed by atoms with Gasteiger partial charge >= 0.3 is 5.97 Å². The quantitative estimate of drug-likeness (QED) is 0.318. The van der Waals surface area contributed by atoms with Crippen LogP contribution < -0.4 is 0 Å². The number of esters is 1. The minimum Gasteiger partial charge on any atom is -0.466 e. The second-order valence-electron chi connectivity index (χ2n) is 7.86. The van der Waals surface area contributed by atoms with Crippen LogP contribution in [0.4, 0.5) is 0 Å². The maximum Gasteiger partial charge on any atom is 0.305 e. The van der Waals surface area contributed by atoms with Gasteiger partial charge in [0.2, 0.25) is 0 Å². The molecule has 0 radical (unpaired) electrons. The Morgan fingerprint density at radius 2 is 1.85 bits per heavy atom. The highest BCUT2D eigenvalue weighted by atomic mass is 16.5. The SMILES string of the molecule is CCCCCC(O)CC[C@H]1CCC(=O)[C@H]1CCCCCCC(=O)OCC. The molecule has 0 aliphatic heterocycles. The minimum atomic E-state index is -0.194. The van der Waals surface area contributed by atoms with Crippen molar-refractivity contribution < 1.29 is 19.4 Å². The summed E-state index contributed by atoms with van der Waals surface area (Å²) in [4.78, 5) is 23.5. The van der Waals surface area contributed by atoms with Crippen molar-refractivity contribution in [3.8, 4) is 0 Å². The molecular formula is C22H40O4. The molecule has 0 aromatic carbocycles. The van der Waals surface area contributed by atoms with Crippen molar-refractivity contribution in [1.82, 2.24) is 0 Å². The fourth-order valence-electron chi connectivity index (χ4n) is 4.12. The van der Waals surface area contributed by atoms with Crippen LogP contribution in [0.25, 0.3) is 0 Å². The van der Waals surface area contributed by atoms with Crippen molar-refractivity contribution in [1.29, 1.82) is 0 Å². The molecule has 0 heterocycles. The molecule has 3 atom stereocenters. The third-order valence-corrected chi connectivity index (χ3v) is 5.71. The van der Waals surface area contributed by atoms with Crippen molar-refractivity contribution in [2.24, 2.45) is 11.8 Å². The topological polar surface area (TPSA) is 63.6 Å². The smallest absolute Gasteiger partial charge is 0.305 e. The highest BCUT2D eigenvalue weighted by molar-refractivity contribution is 5.83. The molecule has 0 amide bonds. The van der Waals surface area contributed by atoms with Crippen molar-refractivity contribution in [3.05, 3.63) is 0 Å². The van der Waals surface area contributed by atoms with Crippen LogP contribution in [0.3, 0.4) is 0 Å². The molecule has 1 unspecified atom stereocenters. The van der Waals surface area contributed by atoms with Gasteiger partial charge in [-0.1, -0.05) is 45.4 Å². The van der Waals surface area contributed by atoms with Gasteiger partial charge in [0.05, 0.1) is 12.7 Å². The summed E-state index contributed by atoms with van der Waals surface area (Å²) in [6, 6.07) is 0. The molecule has 1 N–H and O–H groups in total. The summed E-state index contributed by atoms with van der Waals surface area (Å²) in [5.74, 6) is 1.02. The number of ketones is 1. The number of ether oxygens (including phenoxy) is 1. The third-order valence-electron chi connectivity index (χ3n) is 5.71. The normalized spacial score (nSPS) is 21.1. The minimum absolute atomic E-state index is 0.101. The van der Waals surface area contributed by atoms with E-state index in [2.05, 4.69) is 6.92 Å². The van der Waals surface area contributed by atoms with Crippen LogP contribution in [-0.4, -0.2) is 29.6 Å². The first-order valence-corrected chi connectivity index (χ1v) is 10.9. The van der Waals surface area contributed by atoms with Crippen LogP contribution in [-0.2, 0) is 14.3 Å². The highest BCUT2D eigenvalue weighted by Crippen LogP contribution is 2.36. The van der Waals surface area contributed by atoms with Gasteiger partial charge in [-0.15, -0.1) is 0 Å². The molecule has 1 aliphatic rings. The van der Waals surface area contributed by atoms with E-state index in [-0.39, 0.29) is 18.0 Å². The Balaban J connectivity index is 2.16. The van der Waals surface area contributed by atoms with Gasteiger partial charge in [-0.3, -0.25) is 9.59 Å². The van der Waals surface area contributed by atoms with Crippen LogP contribution in [0.5, 0.6) is 0 Å². The molecule has 1 rings (SSSR count). The monoisotopic (exact) mass is 368 g/mol. The van der Waals surface area contributed by atoms with Gasteiger partial charge in [0.15, 0.2) is 0 Å². The lowest BCUT2D eigenvalue weighted by Crippen LogP contribution is -2.17. The highest BCUT2D eigenvalue weighted by Gasteiger charge is 2.33. The van der Waals surface area contributed by atoms with Crippen LogP contribution in [0, 0.1) is 11.8 Å². The van der Waals surface area contributed by atoms with E-state index in [9.17, 15) is 14.7 Å². The van der Waals surface area contributed by atoms with E-state index in [1.54, 1.807) is 0 Å². The summed E-state index contributed by atoms with van der Waals surface area (Å²) in [7, 11) is 0. The molecule has 4 heteroatoms. The van der Waals surface area contributed by atoms with E-state index in [1.807, 2.05) is 6.92 Å². The lowest BCUT2D eigenvalue weighted by Gasteiger charge is -2.20. The van der Waals surface area contributed by atoms with Gasteiger partial charge in [-0.2, -0.15) is 0 Å². The van der Waals surface area contributed by atoms with Crippen LogP contribution in [0.15, 0.2) is 0 Å². The zero-order chi connectivity index (χ0) is 19.2. The van der Waals surface area contributed by atoms with Gasteiger partial charge in [0.1, 0.15) is 5.78 Å². The van der Waals surface area contributed by atoms with Gasteiger partial charge in [0, 0.05) is 18.8 Å². The van der Waals surface area contributed by atoms with E-state index in [4.69, 9.17) is 4.74 Å². The summed E-state index contributed by atoms with van der Waals surface area (Å²) < 4.78 is 4.93. The summed E-state index contributed by atoms with van der Waals surface area (Å²) in [5.41, 5.74) is 0. The van der Waals surface area contributed by atoms with Gasteiger partial charge < -0.3 is 9.84 Å². The summed E-state index contributed by atoms with van der Waals surface area (Å²) >= 11 is 0. The van der Waals surface area contributed by atoms with E-state index >= 15 is 0 Å². The average molecular weight is 369 g/mol. The molecule has 1 fully saturated rings. The Labute approximate surface area is 160 Å². The van der Waals surface area contributed by atoms with E-state index in [0.29, 0.717) is 24.7 Å². The predicted molar refractivity (Wildman–Crippen MR) is 105 cm³/mol. The van der Waals surface area contributed by atoms with Gasteiger partial charge in [-0.25, -0.2) is 0 Å². The first-order valence-electron chi connectivity index (χ1n) is 10.9. The molecule has 152 valence electrons. The lowest BCUT2D eigenvalue weighted by atomic mass is 9.86. The second kappa shape index (κ2) is 14.2. The lowest BCUT2D eigenvalue weighted by molar-refractivity contribution is -0.143. The van der Waals surface area contributed by atoms with E-state index in [1.165, 1.54) is 12.8 Å². The number of carbonyl (C=O) groups excluding carboxylic acids is 2. The number of hydrogen-bond acceptors (Lipinski definition) is 4. The van der Waals surface area contributed by atoms with Gasteiger partial charge in [-0.05, 0) is 51.4 Å². The molecule has 0 saturated heterocycles. The van der Waals surface area contributed by atoms with Crippen molar-refractivity contribution in [2.45, 2.75) is 110 Å². The molecule has 1 saturated carbocycles. The summed E-state index contributed by atoms with van der Waals surface area (Å²) in [6.45, 7) is 4.46. The van der Waals surface area contributed by atoms with Crippen molar-refractivity contribution in [2.75, 3.05) is 6.61 Å². The van der Waals surface area contributed by atoms with Crippen LogP contribution >= 0.6 is 0 Å². The van der Waals surface area contributed by atoms with Crippen LogP contribution in [0.1, 0.15) is 104 Å². The maximum atomic E-state index is 12.2. The second-order valence-corrected chi connectivity index (χ2v) is 7.86. The van der Waals surface area contributed by atoms with E-state index < -0.39 is 0 Å². The molecular weight excluding hydrogens is 328 g/mol. The number of rotatable bonds is 15. The number of aliphatic hydroxyl groups is 1. The average Bonchev–Trinajstić information content (AvgIpc) is 2.96. The number of carbonyl (C=O) groups is 2. The maximum absolute atomic E-state index is 12.2. The van der Waals surface area contributed by atoms with Crippen LogP contribution in [0.2, 0.25) is 0 Å². The first-order chi connectivity index (χ1) is 12.6. The molecule has 0 aromatic heterocycles. The molecule has 0 spiro atoms. The molecule has 26 heavy (non-hydrogen) atoms. The molecule has 0 bridgehead atoms. The standard InChI is InChI=1S/C22H40O4/c1-3-5-8-11-19(23)16-14-18-15-17-21(24)20(18)12-9-6-7-10-13-22(25)26-4-2/h18-20,23H,3-17H2,1-2H3/t18-,19?,20-/m0/s1. The Kier molecular flexibility index (Phi) is 12.6. The zero-order valence-corrected chi connectivity index (χ0v) is 17.0. The zero-order valence-electron chi connectivity index (χ0n) is 17.0. The summed E-state index contributed by atoms with van der Waals surface area (Å²) in [5, 5.41) is 10.1. The fraction of sp³-hybridized carbons (Fsp3) is 0.909. The number of Topliss-reactive ketones (excluding diaryl/α,β-unsaturated/α-hetero) is 1. The Morgan fingerprint density at radius 3 is 2.58 bits per heavy atom. The van der Waals surface area contributed by atoms with Gasteiger partial charge in [0.25, 0.3) is 0 Å². The molecule has 0 aromatic rings. The molecule has 4 nitrogen and oxygen atoms in total. The fourth-order valence-corrected chi connectivity index (χ4v) is 4.12. The number of hydrogen-bond donors (Lipinski definition) is 1. The predicted octanol–water partition coefficient (Wildman–Crippen LogP) is 5.21. The first kappa shape index (κ1) is 23.1. The number of aliphatic hydroxyl groups excluding tert-OH is 1. The number of unbranched alkanes of at least 4 members (excludes halogenated alkanes) is 5. The Morgan fingerprint density at radius 1 is 1.08 bits per heavy atom. The third kappa shape index (κ3) is 9.70. The van der Waals surface area contributed by atoms with Crippen molar-refractivity contribution in [3.63, 3.8) is 0 Å². The largest absolute Gasteiger partial charge is 0.466 e. The Bertz CT molecular complexity index is 394. The Hall–Kier alpha value is -0.900. The van der Waals surface area contributed by atoms with Crippen molar-refractivity contribution >= 4 is 11.8 Å².